The predicted octanol–water partition coefficient (Wildman–Crippen LogP) is 25.3. The number of unbranched alkanes of at least 4 members (excludes halogenated alkanes) is 48. The number of phosphoric ester groups is 2. The molecule has 0 fully saturated rings. The van der Waals surface area contributed by atoms with Crippen molar-refractivity contribution in [2.24, 2.45) is 17.8 Å². The minimum Gasteiger partial charge on any atom is -0.462 e. The van der Waals surface area contributed by atoms with Gasteiger partial charge in [-0.2, -0.15) is 0 Å². The largest absolute Gasteiger partial charge is 0.472 e. The molecular formula is C84H164O17P2. The fourth-order valence-electron chi connectivity index (χ4n) is 13.0. The maximum atomic E-state index is 13.1. The highest BCUT2D eigenvalue weighted by molar-refractivity contribution is 7.47. The lowest BCUT2D eigenvalue weighted by Gasteiger charge is -2.21. The second-order valence-corrected chi connectivity index (χ2v) is 34.1. The molecule has 0 aromatic rings. The molecule has 103 heavy (non-hydrogen) atoms. The van der Waals surface area contributed by atoms with Crippen LogP contribution in [0.25, 0.3) is 0 Å². The van der Waals surface area contributed by atoms with Crippen molar-refractivity contribution >= 4 is 39.5 Å². The standard InChI is InChI=1S/C84H164O17P2/c1-8-11-12-13-14-15-16-17-18-19-23-26-29-32-35-44-51-58-65-81(86)94-71-79(100-83(88)67-60-53-46-36-33-30-27-24-21-20-22-25-28-31-34-42-49-56-63-76(6)9-2)73-98-102(90,91)96-69-78(85)70-97-103(92,93)99-74-80(72-95-82(87)66-59-52-45-39-37-41-48-55-62-75(4)5)101-84(89)68-61-54-47-40-38-43-50-57-64-77(7)10-3/h75-80,85H,8-74H2,1-7H3,(H,90,91)(H,92,93)/t76?,77?,78-,79-,80-/m1/s1. The molecule has 0 aliphatic carbocycles. The summed E-state index contributed by atoms with van der Waals surface area (Å²) in [5.41, 5.74) is 0. The van der Waals surface area contributed by atoms with Crippen LogP contribution in [0.4, 0.5) is 0 Å². The van der Waals surface area contributed by atoms with Crippen LogP contribution in [0.1, 0.15) is 440 Å². The Kier molecular flexibility index (Phi) is 72.8. The minimum absolute atomic E-state index is 0.105. The molecular weight excluding hydrogens is 1340 g/mol. The second-order valence-electron chi connectivity index (χ2n) is 31.2. The topological polar surface area (TPSA) is 237 Å². The Hall–Kier alpha value is -1.94. The zero-order valence-electron chi connectivity index (χ0n) is 67.8. The first-order chi connectivity index (χ1) is 49.8. The Labute approximate surface area is 632 Å². The first kappa shape index (κ1) is 101. The van der Waals surface area contributed by atoms with Crippen molar-refractivity contribution in [3.63, 3.8) is 0 Å². The molecule has 17 nitrogen and oxygen atoms in total. The van der Waals surface area contributed by atoms with Crippen LogP contribution in [-0.4, -0.2) is 96.7 Å². The highest BCUT2D eigenvalue weighted by atomic mass is 31.2. The third kappa shape index (κ3) is 75.3. The summed E-state index contributed by atoms with van der Waals surface area (Å²) in [7, 11) is -9.92. The lowest BCUT2D eigenvalue weighted by Crippen LogP contribution is -2.30. The van der Waals surface area contributed by atoms with Gasteiger partial charge in [0.05, 0.1) is 26.4 Å². The van der Waals surface area contributed by atoms with E-state index in [1.54, 1.807) is 0 Å². The van der Waals surface area contributed by atoms with Crippen molar-refractivity contribution < 1.29 is 80.2 Å². The van der Waals surface area contributed by atoms with Gasteiger partial charge in [-0.25, -0.2) is 9.13 Å². The lowest BCUT2D eigenvalue weighted by molar-refractivity contribution is -0.161. The molecule has 0 saturated heterocycles. The number of ether oxygens (including phenoxy) is 4. The van der Waals surface area contributed by atoms with E-state index in [4.69, 9.17) is 37.0 Å². The number of aliphatic hydroxyl groups excluding tert-OH is 1. The Balaban J connectivity index is 5.22. The molecule has 4 unspecified atom stereocenters. The Bertz CT molecular complexity index is 2000. The van der Waals surface area contributed by atoms with E-state index in [9.17, 15) is 43.2 Å². The Morgan fingerprint density at radius 3 is 0.738 bits per heavy atom. The van der Waals surface area contributed by atoms with Crippen molar-refractivity contribution in [3.8, 4) is 0 Å². The van der Waals surface area contributed by atoms with Gasteiger partial charge in [0.2, 0.25) is 0 Å². The molecule has 0 bridgehead atoms. The number of hydrogen-bond donors (Lipinski definition) is 3. The summed E-state index contributed by atoms with van der Waals surface area (Å²) in [4.78, 5) is 73.1. The van der Waals surface area contributed by atoms with Crippen molar-refractivity contribution in [1.82, 2.24) is 0 Å². The summed E-state index contributed by atoms with van der Waals surface area (Å²) in [6.07, 6.45) is 63.9. The third-order valence-corrected chi connectivity index (χ3v) is 22.3. The van der Waals surface area contributed by atoms with E-state index in [2.05, 4.69) is 48.5 Å². The van der Waals surface area contributed by atoms with Crippen molar-refractivity contribution in [1.29, 1.82) is 0 Å². The van der Waals surface area contributed by atoms with Crippen LogP contribution < -0.4 is 0 Å². The van der Waals surface area contributed by atoms with Gasteiger partial charge in [-0.1, -0.05) is 389 Å². The average molecular weight is 1510 g/mol. The Morgan fingerprint density at radius 1 is 0.282 bits per heavy atom. The van der Waals surface area contributed by atoms with Crippen molar-refractivity contribution in [2.75, 3.05) is 39.6 Å². The molecule has 0 aromatic carbocycles. The summed E-state index contributed by atoms with van der Waals surface area (Å²) in [5.74, 6) is 0.257. The lowest BCUT2D eigenvalue weighted by atomic mass is 9.99. The number of aliphatic hydroxyl groups is 1. The van der Waals surface area contributed by atoms with E-state index in [1.165, 1.54) is 250 Å². The van der Waals surface area contributed by atoms with Crippen LogP contribution in [0.2, 0.25) is 0 Å². The van der Waals surface area contributed by atoms with Gasteiger partial charge in [-0.05, 0) is 43.4 Å². The number of esters is 4. The molecule has 0 heterocycles. The van der Waals surface area contributed by atoms with Crippen LogP contribution in [0, 0.1) is 17.8 Å². The summed E-state index contributed by atoms with van der Waals surface area (Å²) in [6, 6.07) is 0. The molecule has 3 N–H and O–H groups in total. The number of phosphoric acid groups is 2. The zero-order valence-corrected chi connectivity index (χ0v) is 69.6. The van der Waals surface area contributed by atoms with Gasteiger partial charge >= 0.3 is 39.5 Å². The van der Waals surface area contributed by atoms with Gasteiger partial charge < -0.3 is 33.8 Å². The number of carbonyl (C=O) groups is 4. The van der Waals surface area contributed by atoms with Gasteiger partial charge in [-0.3, -0.25) is 37.3 Å². The van der Waals surface area contributed by atoms with Crippen molar-refractivity contribution in [3.05, 3.63) is 0 Å². The predicted molar refractivity (Wildman–Crippen MR) is 423 cm³/mol. The van der Waals surface area contributed by atoms with Crippen LogP contribution in [0.15, 0.2) is 0 Å². The molecule has 0 rings (SSSR count). The summed E-state index contributed by atoms with van der Waals surface area (Å²) >= 11 is 0. The van der Waals surface area contributed by atoms with E-state index in [1.807, 2.05) is 0 Å². The minimum atomic E-state index is -4.96. The first-order valence-electron chi connectivity index (χ1n) is 43.4. The van der Waals surface area contributed by atoms with E-state index in [0.717, 1.165) is 108 Å². The van der Waals surface area contributed by atoms with Gasteiger partial charge in [0.25, 0.3) is 0 Å². The van der Waals surface area contributed by atoms with E-state index in [-0.39, 0.29) is 25.7 Å². The molecule has 19 heteroatoms. The fourth-order valence-corrected chi connectivity index (χ4v) is 14.5. The highest BCUT2D eigenvalue weighted by Crippen LogP contribution is 2.45. The zero-order chi connectivity index (χ0) is 75.8. The molecule has 0 amide bonds. The summed E-state index contributed by atoms with van der Waals surface area (Å²) in [6.45, 7) is 12.0. The quantitative estimate of drug-likeness (QED) is 0.0222. The third-order valence-electron chi connectivity index (χ3n) is 20.4. The SMILES string of the molecule is CCCCCCCCCCCCCCCCCCCCC(=O)OC[C@H](COP(=O)(O)OC[C@@H](O)COP(=O)(O)OC[C@@H](COC(=O)CCCCCCCCCCC(C)C)OC(=O)CCCCCCCCCCC(C)CC)OC(=O)CCCCCCCCCCCCCCCCCCCCC(C)CC. The van der Waals surface area contributed by atoms with Crippen LogP contribution in [0.5, 0.6) is 0 Å². The molecule has 0 spiro atoms. The van der Waals surface area contributed by atoms with Gasteiger partial charge in [0.15, 0.2) is 12.2 Å². The smallest absolute Gasteiger partial charge is 0.462 e. The number of carbonyl (C=O) groups excluding carboxylic acids is 4. The second kappa shape index (κ2) is 74.2. The molecule has 7 atom stereocenters. The monoisotopic (exact) mass is 1510 g/mol. The molecule has 0 saturated carbocycles. The molecule has 0 aliphatic rings. The normalized spacial score (nSPS) is 14.4. The maximum Gasteiger partial charge on any atom is 0.472 e. The maximum absolute atomic E-state index is 13.1. The first-order valence-corrected chi connectivity index (χ1v) is 46.4. The van der Waals surface area contributed by atoms with Crippen molar-refractivity contribution in [2.45, 2.75) is 458 Å². The van der Waals surface area contributed by atoms with E-state index < -0.39 is 97.5 Å². The summed E-state index contributed by atoms with van der Waals surface area (Å²) < 4.78 is 68.8. The average Bonchev–Trinajstić information content (AvgIpc) is 1.21. The van der Waals surface area contributed by atoms with E-state index in [0.29, 0.717) is 25.7 Å². The van der Waals surface area contributed by atoms with Crippen LogP contribution in [-0.2, 0) is 65.4 Å². The Morgan fingerprint density at radius 2 is 0.495 bits per heavy atom. The van der Waals surface area contributed by atoms with Gasteiger partial charge in [-0.15, -0.1) is 0 Å². The molecule has 0 aliphatic heterocycles. The molecule has 0 aromatic heterocycles. The van der Waals surface area contributed by atoms with Crippen LogP contribution >= 0.6 is 15.6 Å². The number of rotatable bonds is 82. The fraction of sp³-hybridized carbons (Fsp3) is 0.952. The number of hydrogen-bond acceptors (Lipinski definition) is 15. The van der Waals surface area contributed by atoms with Gasteiger partial charge in [0.1, 0.15) is 19.3 Å². The highest BCUT2D eigenvalue weighted by Gasteiger charge is 2.30. The van der Waals surface area contributed by atoms with Crippen LogP contribution in [0.3, 0.4) is 0 Å². The summed E-state index contributed by atoms with van der Waals surface area (Å²) in [5, 5.41) is 10.7. The molecule has 0 radical (unpaired) electrons. The molecule has 612 valence electrons. The van der Waals surface area contributed by atoms with Gasteiger partial charge in [0, 0.05) is 25.7 Å². The van der Waals surface area contributed by atoms with E-state index >= 15 is 0 Å².